The van der Waals surface area contributed by atoms with Gasteiger partial charge < -0.3 is 10.1 Å². The van der Waals surface area contributed by atoms with Crippen LogP contribution in [0.15, 0.2) is 47.4 Å². The summed E-state index contributed by atoms with van der Waals surface area (Å²) in [4.78, 5) is 38.7. The molecule has 0 radical (unpaired) electrons. The number of amides is 2. The Bertz CT molecular complexity index is 1130. The first-order chi connectivity index (χ1) is 16.3. The van der Waals surface area contributed by atoms with Gasteiger partial charge in [-0.15, -0.1) is 0 Å². The van der Waals surface area contributed by atoms with Crippen molar-refractivity contribution >= 4 is 57.8 Å². The van der Waals surface area contributed by atoms with Gasteiger partial charge in [0.15, 0.2) is 0 Å². The molecule has 0 bridgehead atoms. The van der Waals surface area contributed by atoms with Crippen molar-refractivity contribution in [3.05, 3.63) is 69.6 Å². The van der Waals surface area contributed by atoms with Crippen LogP contribution >= 0.6 is 24.0 Å². The summed E-state index contributed by atoms with van der Waals surface area (Å²) in [7, 11) is 1.34. The number of thioether (sulfide) groups is 1. The van der Waals surface area contributed by atoms with Gasteiger partial charge in [0.2, 0.25) is 5.91 Å². The highest BCUT2D eigenvalue weighted by molar-refractivity contribution is 8.26. The first kappa shape index (κ1) is 25.6. The molecule has 1 N–H and O–H groups in total. The van der Waals surface area contributed by atoms with E-state index >= 15 is 0 Å². The lowest BCUT2D eigenvalue weighted by molar-refractivity contribution is -0.122. The van der Waals surface area contributed by atoms with Gasteiger partial charge in [-0.3, -0.25) is 14.5 Å². The fraction of sp³-hybridized carbons (Fsp3) is 0.308. The fourth-order valence-corrected chi connectivity index (χ4v) is 4.88. The highest BCUT2D eigenvalue weighted by atomic mass is 32.2. The number of nitrogens with one attached hydrogen (secondary N) is 1. The third-order valence-corrected chi connectivity index (χ3v) is 6.82. The van der Waals surface area contributed by atoms with E-state index in [9.17, 15) is 14.4 Å². The number of esters is 1. The molecule has 0 saturated carbocycles. The van der Waals surface area contributed by atoms with E-state index < -0.39 is 5.97 Å². The average Bonchev–Trinajstić information content (AvgIpc) is 3.07. The lowest BCUT2D eigenvalue weighted by atomic mass is 10.1. The maximum absolute atomic E-state index is 12.8. The summed E-state index contributed by atoms with van der Waals surface area (Å²) in [5, 5.41) is 2.96. The van der Waals surface area contributed by atoms with Crippen LogP contribution in [0.4, 0.5) is 5.69 Å². The first-order valence-electron chi connectivity index (χ1n) is 11.1. The van der Waals surface area contributed by atoms with E-state index in [1.54, 1.807) is 35.2 Å². The summed E-state index contributed by atoms with van der Waals surface area (Å²) >= 11 is 6.67. The molecule has 8 heteroatoms. The molecule has 2 aromatic rings. The number of carbonyl (C=O) groups excluding carboxylic acids is 3. The second-order valence-corrected chi connectivity index (χ2v) is 9.80. The summed E-state index contributed by atoms with van der Waals surface area (Å²) in [5.74, 6) is -0.515. The van der Waals surface area contributed by atoms with Crippen molar-refractivity contribution in [2.45, 2.75) is 39.5 Å². The molecule has 6 nitrogen and oxygen atoms in total. The minimum Gasteiger partial charge on any atom is -0.465 e. The molecule has 0 spiro atoms. The van der Waals surface area contributed by atoms with Crippen LogP contribution in [0.1, 0.15) is 52.7 Å². The summed E-state index contributed by atoms with van der Waals surface area (Å²) in [5.41, 5.74) is 4.32. The molecule has 0 aliphatic carbocycles. The highest BCUT2D eigenvalue weighted by Gasteiger charge is 2.31. The van der Waals surface area contributed by atoms with Crippen LogP contribution < -0.4 is 5.32 Å². The number of methoxy groups -OCH3 is 1. The lowest BCUT2D eigenvalue weighted by Gasteiger charge is -2.14. The largest absolute Gasteiger partial charge is 0.465 e. The number of carbonyl (C=O) groups is 3. The minimum absolute atomic E-state index is 0.00119. The van der Waals surface area contributed by atoms with Gasteiger partial charge in [0.25, 0.3) is 5.91 Å². The molecule has 0 aromatic heterocycles. The topological polar surface area (TPSA) is 75.7 Å². The highest BCUT2D eigenvalue weighted by Crippen LogP contribution is 2.32. The molecule has 178 valence electrons. The number of benzene rings is 2. The van der Waals surface area contributed by atoms with Crippen LogP contribution in [0.25, 0.3) is 6.08 Å². The average molecular weight is 497 g/mol. The Balaban J connectivity index is 1.44. The number of hydrogen-bond donors (Lipinski definition) is 1. The molecular weight excluding hydrogens is 468 g/mol. The number of thiocarbonyl (C=S) groups is 1. The number of nitrogens with zero attached hydrogens (tertiary/aromatic N) is 1. The molecule has 0 atom stereocenters. The zero-order valence-electron chi connectivity index (χ0n) is 19.6. The van der Waals surface area contributed by atoms with E-state index in [2.05, 4.69) is 5.32 Å². The number of rotatable bonds is 9. The third-order valence-electron chi connectivity index (χ3n) is 5.44. The Labute approximate surface area is 209 Å². The normalized spacial score (nSPS) is 14.6. The van der Waals surface area contributed by atoms with Crippen molar-refractivity contribution < 1.29 is 19.1 Å². The van der Waals surface area contributed by atoms with E-state index in [-0.39, 0.29) is 11.8 Å². The zero-order chi connectivity index (χ0) is 24.7. The van der Waals surface area contributed by atoms with Crippen LogP contribution in [-0.4, -0.2) is 40.7 Å². The molecule has 1 aliphatic rings. The van der Waals surface area contributed by atoms with Crippen molar-refractivity contribution in [3.63, 3.8) is 0 Å². The van der Waals surface area contributed by atoms with Gasteiger partial charge in [-0.25, -0.2) is 4.79 Å². The predicted octanol–water partition coefficient (Wildman–Crippen LogP) is 5.49. The molecular formula is C26H28N2O4S2. The third kappa shape index (κ3) is 6.77. The standard InChI is InChI=1S/C26H28N2O4S2/c1-17-8-13-21(18(2)15-17)27-23(29)7-5-4-6-14-28-24(30)22(34-26(28)33)16-19-9-11-20(12-10-19)25(31)32-3/h8-13,15-16H,4-7,14H2,1-3H3,(H,27,29). The van der Waals surface area contributed by atoms with Crippen LogP contribution in [0.2, 0.25) is 0 Å². The molecule has 1 heterocycles. The summed E-state index contributed by atoms with van der Waals surface area (Å²) in [6.45, 7) is 4.54. The quantitative estimate of drug-likeness (QED) is 0.214. The number of aryl methyl sites for hydroxylation is 2. The molecule has 34 heavy (non-hydrogen) atoms. The maximum Gasteiger partial charge on any atom is 0.337 e. The Hall–Kier alpha value is -2.97. The molecule has 1 aliphatic heterocycles. The summed E-state index contributed by atoms with van der Waals surface area (Å²) in [6.07, 6.45) is 4.55. The van der Waals surface area contributed by atoms with Crippen molar-refractivity contribution in [1.29, 1.82) is 0 Å². The minimum atomic E-state index is -0.402. The van der Waals surface area contributed by atoms with Gasteiger partial charge in [0.05, 0.1) is 17.6 Å². The lowest BCUT2D eigenvalue weighted by Crippen LogP contribution is -2.29. The molecule has 1 saturated heterocycles. The Morgan fingerprint density at radius 3 is 2.50 bits per heavy atom. The van der Waals surface area contributed by atoms with Gasteiger partial charge in [-0.1, -0.05) is 60.2 Å². The Kier molecular flexibility index (Phi) is 9.01. The molecule has 0 unspecified atom stereocenters. The molecule has 2 amide bonds. The van der Waals surface area contributed by atoms with Crippen molar-refractivity contribution in [2.75, 3.05) is 19.0 Å². The van der Waals surface area contributed by atoms with Gasteiger partial charge >= 0.3 is 5.97 Å². The van der Waals surface area contributed by atoms with Gasteiger partial charge in [-0.05, 0) is 62.1 Å². The van der Waals surface area contributed by atoms with E-state index in [0.717, 1.165) is 41.6 Å². The summed E-state index contributed by atoms with van der Waals surface area (Å²) in [6, 6.07) is 12.8. The van der Waals surface area contributed by atoms with Crippen molar-refractivity contribution in [2.24, 2.45) is 0 Å². The van der Waals surface area contributed by atoms with Crippen LogP contribution in [-0.2, 0) is 14.3 Å². The first-order valence-corrected chi connectivity index (χ1v) is 12.3. The Morgan fingerprint density at radius 2 is 1.82 bits per heavy atom. The van der Waals surface area contributed by atoms with E-state index in [4.69, 9.17) is 17.0 Å². The van der Waals surface area contributed by atoms with E-state index in [1.807, 2.05) is 32.0 Å². The van der Waals surface area contributed by atoms with Gasteiger partial charge in [0, 0.05) is 18.7 Å². The van der Waals surface area contributed by atoms with Gasteiger partial charge in [0.1, 0.15) is 4.32 Å². The fourth-order valence-electron chi connectivity index (χ4n) is 3.58. The second kappa shape index (κ2) is 11.9. The van der Waals surface area contributed by atoms with Gasteiger partial charge in [-0.2, -0.15) is 0 Å². The van der Waals surface area contributed by atoms with Crippen molar-refractivity contribution in [1.82, 2.24) is 4.90 Å². The predicted molar refractivity (Wildman–Crippen MR) is 141 cm³/mol. The number of unbranched alkanes of at least 4 members (excludes halogenated alkanes) is 2. The maximum atomic E-state index is 12.8. The van der Waals surface area contributed by atoms with E-state index in [1.165, 1.54) is 18.9 Å². The Morgan fingerprint density at radius 1 is 1.09 bits per heavy atom. The van der Waals surface area contributed by atoms with Crippen LogP contribution in [0.3, 0.4) is 0 Å². The van der Waals surface area contributed by atoms with Crippen LogP contribution in [0.5, 0.6) is 0 Å². The smallest absolute Gasteiger partial charge is 0.337 e. The number of ether oxygens (including phenoxy) is 1. The molecule has 3 rings (SSSR count). The number of hydrogen-bond acceptors (Lipinski definition) is 6. The molecule has 1 fully saturated rings. The second-order valence-electron chi connectivity index (χ2n) is 8.12. The van der Waals surface area contributed by atoms with Crippen molar-refractivity contribution in [3.8, 4) is 0 Å². The monoisotopic (exact) mass is 496 g/mol. The van der Waals surface area contributed by atoms with E-state index in [0.29, 0.717) is 27.8 Å². The zero-order valence-corrected chi connectivity index (χ0v) is 21.2. The molecule has 2 aromatic carbocycles. The van der Waals surface area contributed by atoms with Crippen LogP contribution in [0, 0.1) is 13.8 Å². The SMILES string of the molecule is COC(=O)c1ccc(C=C2SC(=S)N(CCCCCC(=O)Nc3ccc(C)cc3C)C2=O)cc1. The summed E-state index contributed by atoms with van der Waals surface area (Å²) < 4.78 is 5.24. The number of anilines is 1.